The minimum atomic E-state index is 0.267. The molecule has 0 heterocycles. The molecule has 0 aromatic heterocycles. The molecule has 0 aliphatic rings. The van der Waals surface area contributed by atoms with Gasteiger partial charge in [-0.05, 0) is 58.9 Å². The second kappa shape index (κ2) is 8.64. The van der Waals surface area contributed by atoms with Gasteiger partial charge in [-0.2, -0.15) is 0 Å². The predicted molar refractivity (Wildman–Crippen MR) is 92.3 cm³/mol. The van der Waals surface area contributed by atoms with Crippen LogP contribution in [0.4, 0.5) is 0 Å². The Morgan fingerprint density at radius 2 is 1.86 bits per heavy atom. The first kappa shape index (κ1) is 18.3. The average molecular weight is 358 g/mol. The highest BCUT2D eigenvalue weighted by molar-refractivity contribution is 9.10. The van der Waals surface area contributed by atoms with Crippen LogP contribution in [0.15, 0.2) is 16.6 Å². The third-order valence-corrected chi connectivity index (χ3v) is 3.64. The van der Waals surface area contributed by atoms with E-state index in [4.69, 9.17) is 9.47 Å². The van der Waals surface area contributed by atoms with Gasteiger partial charge in [0.15, 0.2) is 11.5 Å². The summed E-state index contributed by atoms with van der Waals surface area (Å²) in [5, 5.41) is 3.33. The quantitative estimate of drug-likeness (QED) is 0.726. The van der Waals surface area contributed by atoms with E-state index < -0.39 is 0 Å². The normalized spacial score (nSPS) is 11.5. The molecule has 1 aromatic rings. The molecule has 0 radical (unpaired) electrons. The first-order valence-corrected chi connectivity index (χ1v) is 8.45. The molecule has 0 saturated heterocycles. The molecule has 1 rings (SSSR count). The van der Waals surface area contributed by atoms with Crippen molar-refractivity contribution in [3.8, 4) is 11.5 Å². The Morgan fingerprint density at radius 1 is 1.14 bits per heavy atom. The zero-order chi connectivity index (χ0) is 15.9. The summed E-state index contributed by atoms with van der Waals surface area (Å²) in [6, 6.07) is 4.15. The van der Waals surface area contributed by atoms with Gasteiger partial charge < -0.3 is 14.8 Å². The molecule has 3 nitrogen and oxygen atoms in total. The number of hydrogen-bond acceptors (Lipinski definition) is 3. The SMILES string of the molecule is CCNCc1cc(Br)c(OCCC(C)(C)C)c(OCC)c1. The molecule has 0 bridgehead atoms. The fourth-order valence-electron chi connectivity index (χ4n) is 1.86. The standard InChI is InChI=1S/C17H28BrNO2/c1-6-19-12-13-10-14(18)16(15(11-13)20-7-2)21-9-8-17(3,4)5/h10-11,19H,6-9,12H2,1-5H3. The Labute approximate surface area is 137 Å². The molecule has 0 spiro atoms. The Kier molecular flexibility index (Phi) is 7.53. The van der Waals surface area contributed by atoms with Crippen molar-refractivity contribution in [3.05, 3.63) is 22.2 Å². The van der Waals surface area contributed by atoms with Crippen LogP contribution in [0, 0.1) is 5.41 Å². The number of nitrogens with one attached hydrogen (secondary N) is 1. The predicted octanol–water partition coefficient (Wildman–Crippen LogP) is 4.77. The highest BCUT2D eigenvalue weighted by atomic mass is 79.9. The molecule has 4 heteroatoms. The molecule has 1 aromatic carbocycles. The molecule has 0 fully saturated rings. The second-order valence-corrected chi connectivity index (χ2v) is 7.13. The highest BCUT2D eigenvalue weighted by Gasteiger charge is 2.15. The van der Waals surface area contributed by atoms with E-state index in [1.54, 1.807) is 0 Å². The molecular weight excluding hydrogens is 330 g/mol. The molecule has 21 heavy (non-hydrogen) atoms. The van der Waals surface area contributed by atoms with E-state index in [9.17, 15) is 0 Å². The monoisotopic (exact) mass is 357 g/mol. The van der Waals surface area contributed by atoms with E-state index in [-0.39, 0.29) is 5.41 Å². The minimum Gasteiger partial charge on any atom is -0.490 e. The van der Waals surface area contributed by atoms with Crippen molar-refractivity contribution in [1.82, 2.24) is 5.32 Å². The number of hydrogen-bond donors (Lipinski definition) is 1. The number of halogens is 1. The molecule has 1 N–H and O–H groups in total. The van der Waals surface area contributed by atoms with Crippen LogP contribution in [0.2, 0.25) is 0 Å². The van der Waals surface area contributed by atoms with Gasteiger partial charge in [0, 0.05) is 6.54 Å². The third-order valence-electron chi connectivity index (χ3n) is 3.05. The zero-order valence-corrected chi connectivity index (χ0v) is 15.5. The van der Waals surface area contributed by atoms with Crippen LogP contribution in [-0.2, 0) is 6.54 Å². The fourth-order valence-corrected chi connectivity index (χ4v) is 2.46. The molecule has 0 amide bonds. The summed E-state index contributed by atoms with van der Waals surface area (Å²) in [5.41, 5.74) is 1.46. The molecule has 0 unspecified atom stereocenters. The van der Waals surface area contributed by atoms with E-state index >= 15 is 0 Å². The summed E-state index contributed by atoms with van der Waals surface area (Å²) < 4.78 is 12.7. The van der Waals surface area contributed by atoms with Gasteiger partial charge in [-0.15, -0.1) is 0 Å². The summed E-state index contributed by atoms with van der Waals surface area (Å²) in [5.74, 6) is 1.62. The van der Waals surface area contributed by atoms with Crippen LogP contribution < -0.4 is 14.8 Å². The number of ether oxygens (including phenoxy) is 2. The Hall–Kier alpha value is -0.740. The van der Waals surface area contributed by atoms with E-state index in [2.05, 4.69) is 61.1 Å². The summed E-state index contributed by atoms with van der Waals surface area (Å²) in [6.07, 6.45) is 1.00. The number of benzene rings is 1. The Morgan fingerprint density at radius 3 is 2.43 bits per heavy atom. The molecule has 120 valence electrons. The summed E-state index contributed by atoms with van der Waals surface area (Å²) in [4.78, 5) is 0. The summed E-state index contributed by atoms with van der Waals surface area (Å²) in [7, 11) is 0. The third kappa shape index (κ3) is 6.70. The van der Waals surface area contributed by atoms with E-state index in [1.807, 2.05) is 6.92 Å². The van der Waals surface area contributed by atoms with Crippen LogP contribution in [0.5, 0.6) is 11.5 Å². The van der Waals surface area contributed by atoms with E-state index in [0.717, 1.165) is 35.5 Å². The lowest BCUT2D eigenvalue weighted by atomic mass is 9.93. The van der Waals surface area contributed by atoms with Gasteiger partial charge in [0.25, 0.3) is 0 Å². The van der Waals surface area contributed by atoms with Crippen LogP contribution in [0.1, 0.15) is 46.6 Å². The average Bonchev–Trinajstić information content (AvgIpc) is 2.38. The topological polar surface area (TPSA) is 30.5 Å². The second-order valence-electron chi connectivity index (χ2n) is 6.28. The van der Waals surface area contributed by atoms with Crippen molar-refractivity contribution in [1.29, 1.82) is 0 Å². The van der Waals surface area contributed by atoms with Crippen LogP contribution in [0.3, 0.4) is 0 Å². The lowest BCUT2D eigenvalue weighted by Gasteiger charge is -2.20. The fraction of sp³-hybridized carbons (Fsp3) is 0.647. The van der Waals surface area contributed by atoms with Crippen LogP contribution in [0.25, 0.3) is 0 Å². The highest BCUT2D eigenvalue weighted by Crippen LogP contribution is 2.37. The maximum Gasteiger partial charge on any atom is 0.175 e. The summed E-state index contributed by atoms with van der Waals surface area (Å²) >= 11 is 3.61. The summed E-state index contributed by atoms with van der Waals surface area (Å²) in [6.45, 7) is 13.8. The van der Waals surface area contributed by atoms with Gasteiger partial charge in [-0.3, -0.25) is 0 Å². The van der Waals surface area contributed by atoms with Crippen LogP contribution in [-0.4, -0.2) is 19.8 Å². The van der Waals surface area contributed by atoms with Crippen molar-refractivity contribution in [2.24, 2.45) is 5.41 Å². The molecule has 0 atom stereocenters. The lowest BCUT2D eigenvalue weighted by molar-refractivity contribution is 0.228. The largest absolute Gasteiger partial charge is 0.490 e. The van der Waals surface area contributed by atoms with E-state index in [1.165, 1.54) is 5.56 Å². The van der Waals surface area contributed by atoms with E-state index in [0.29, 0.717) is 13.2 Å². The van der Waals surface area contributed by atoms with Crippen molar-refractivity contribution in [2.45, 2.75) is 47.6 Å². The van der Waals surface area contributed by atoms with Gasteiger partial charge in [0.05, 0.1) is 17.7 Å². The van der Waals surface area contributed by atoms with Gasteiger partial charge in [-0.1, -0.05) is 27.7 Å². The van der Waals surface area contributed by atoms with Gasteiger partial charge in [0.1, 0.15) is 0 Å². The smallest absolute Gasteiger partial charge is 0.175 e. The van der Waals surface area contributed by atoms with Gasteiger partial charge in [0.2, 0.25) is 0 Å². The van der Waals surface area contributed by atoms with Gasteiger partial charge in [-0.25, -0.2) is 0 Å². The minimum absolute atomic E-state index is 0.267. The molecule has 0 saturated carbocycles. The van der Waals surface area contributed by atoms with Gasteiger partial charge >= 0.3 is 0 Å². The van der Waals surface area contributed by atoms with Crippen LogP contribution >= 0.6 is 15.9 Å². The molecule has 0 aliphatic carbocycles. The first-order valence-electron chi connectivity index (χ1n) is 7.66. The Bertz CT molecular complexity index is 441. The molecular formula is C17H28BrNO2. The van der Waals surface area contributed by atoms with Crippen molar-refractivity contribution in [3.63, 3.8) is 0 Å². The number of rotatable bonds is 8. The maximum absolute atomic E-state index is 5.96. The molecule has 0 aliphatic heterocycles. The van der Waals surface area contributed by atoms with Crippen molar-refractivity contribution < 1.29 is 9.47 Å². The lowest BCUT2D eigenvalue weighted by Crippen LogP contribution is -2.13. The van der Waals surface area contributed by atoms with Crippen molar-refractivity contribution >= 4 is 15.9 Å². The van der Waals surface area contributed by atoms with Crippen molar-refractivity contribution in [2.75, 3.05) is 19.8 Å². The zero-order valence-electron chi connectivity index (χ0n) is 13.9. The Balaban J connectivity index is 2.85. The maximum atomic E-state index is 5.96. The first-order chi connectivity index (χ1) is 9.87.